The first kappa shape index (κ1) is 54.8. The molecule has 0 saturated heterocycles. The van der Waals surface area contributed by atoms with Gasteiger partial charge in [0.15, 0.2) is 0 Å². The number of hydrogen-bond acceptors (Lipinski definition) is 15. The Morgan fingerprint density at radius 1 is 0.812 bits per heavy atom. The second-order valence-electron chi connectivity index (χ2n) is 17.5. The van der Waals surface area contributed by atoms with Crippen LogP contribution in [0.15, 0.2) is 81.8 Å². The van der Waals surface area contributed by atoms with Crippen LogP contribution in [0, 0.1) is 0 Å². The zero-order valence-corrected chi connectivity index (χ0v) is 41.7. The predicted molar refractivity (Wildman–Crippen MR) is 256 cm³/mol. The summed E-state index contributed by atoms with van der Waals surface area (Å²) in [5.74, 6) is -1.46. The number of aromatic hydroxyl groups is 2. The maximum atomic E-state index is 12.4. The van der Waals surface area contributed by atoms with Gasteiger partial charge in [0.1, 0.15) is 24.6 Å². The van der Waals surface area contributed by atoms with E-state index in [0.717, 1.165) is 28.6 Å². The van der Waals surface area contributed by atoms with Crippen LogP contribution in [0.3, 0.4) is 0 Å². The normalized spacial score (nSPS) is 16.8. The van der Waals surface area contributed by atoms with E-state index in [0.29, 0.717) is 46.3 Å². The van der Waals surface area contributed by atoms with Gasteiger partial charge in [-0.05, 0) is 85.7 Å². The molecule has 1 aliphatic carbocycles. The zero-order chi connectivity index (χ0) is 50.8. The number of carbonyl (C=O) groups excluding carboxylic acids is 1. The molecule has 2 aliphatic heterocycles. The van der Waals surface area contributed by atoms with Gasteiger partial charge < -0.3 is 38.6 Å². The van der Waals surface area contributed by atoms with Crippen molar-refractivity contribution in [3.8, 4) is 23.1 Å². The van der Waals surface area contributed by atoms with Crippen LogP contribution in [0.4, 0.5) is 5.69 Å². The number of ether oxygens (including phenoxy) is 3. The van der Waals surface area contributed by atoms with Crippen molar-refractivity contribution in [1.29, 1.82) is 0 Å². The van der Waals surface area contributed by atoms with Crippen molar-refractivity contribution < 1.29 is 77.4 Å². The number of rotatable bonds is 25. The van der Waals surface area contributed by atoms with Gasteiger partial charge in [-0.2, -0.15) is 25.3 Å². The van der Waals surface area contributed by atoms with E-state index in [1.54, 1.807) is 18.2 Å². The minimum atomic E-state index is -4.64. The highest BCUT2D eigenvalue weighted by molar-refractivity contribution is 7.86. The molecule has 1 aromatic carbocycles. The minimum Gasteiger partial charge on any atom is -0.492 e. The average molecular weight is 1030 g/mol. The van der Waals surface area contributed by atoms with Gasteiger partial charge in [0.25, 0.3) is 30.4 Å². The molecule has 1 unspecified atom stereocenters. The molecule has 5 rings (SSSR count). The molecule has 0 amide bonds. The smallest absolute Gasteiger partial charge is 0.335 e. The number of allylic oxidation sites excluding steroid dienone is 3. The van der Waals surface area contributed by atoms with E-state index in [1.807, 2.05) is 53.7 Å². The average Bonchev–Trinajstić information content (AvgIpc) is 3.69. The molecule has 3 heterocycles. The van der Waals surface area contributed by atoms with Crippen LogP contribution in [0.1, 0.15) is 77.2 Å². The molecule has 0 spiro atoms. The lowest BCUT2D eigenvalue weighted by atomic mass is 9.77. The molecule has 380 valence electrons. The standard InChI is InChI=1S/C46H61N3O17S3/c1-6-47(20-9-29-68(56,57)58)33-12-14-36-37(45(2,3)4)31-34(65-40(36)30-33)10-7-11-41-46(5,19-8-28-67(53,54)55)38-32-35(69(59,60)61)13-15-39(38)48(41)21-23-63-25-27-64-26-24-62-22-18-44(52)66-49-42(50)16-17-43(49)51/h7,10-17,30-32H,6,8-9,18-29H2,1-5H3,(H4-,50,51,53,54,55,56,57,58,59,60,61)/p+1. The van der Waals surface area contributed by atoms with E-state index < -0.39 is 59.3 Å². The van der Waals surface area contributed by atoms with Crippen LogP contribution in [0.5, 0.6) is 11.8 Å². The second kappa shape index (κ2) is 23.2. The maximum Gasteiger partial charge on any atom is 0.335 e. The Balaban J connectivity index is 1.36. The van der Waals surface area contributed by atoms with E-state index >= 15 is 0 Å². The number of fused-ring (bicyclic) bond motifs is 2. The topological polar surface area (TPSA) is 282 Å². The monoisotopic (exact) mass is 1020 g/mol. The molecule has 2 aromatic rings. The van der Waals surface area contributed by atoms with Gasteiger partial charge in [-0.1, -0.05) is 26.8 Å². The summed E-state index contributed by atoms with van der Waals surface area (Å²) in [5, 5.41) is 20.0. The first-order valence-corrected chi connectivity index (χ1v) is 26.9. The lowest BCUT2D eigenvalue weighted by molar-refractivity contribution is -0.146. The molecule has 23 heteroatoms. The second-order valence-corrected chi connectivity index (χ2v) is 22.1. The van der Waals surface area contributed by atoms with Crippen molar-refractivity contribution in [2.24, 2.45) is 0 Å². The highest BCUT2D eigenvalue weighted by atomic mass is 32.2. The van der Waals surface area contributed by atoms with E-state index in [-0.39, 0.29) is 87.9 Å². The van der Waals surface area contributed by atoms with Crippen LogP contribution < -0.4 is 19.7 Å². The molecular weight excluding hydrogens is 963 g/mol. The third-order valence-electron chi connectivity index (χ3n) is 11.4. The Hall–Kier alpha value is -5.11. The van der Waals surface area contributed by atoms with E-state index in [1.165, 1.54) is 12.1 Å². The third-order valence-corrected chi connectivity index (χ3v) is 13.9. The van der Waals surface area contributed by atoms with E-state index in [4.69, 9.17) is 23.5 Å². The maximum absolute atomic E-state index is 12.4. The fourth-order valence-corrected chi connectivity index (χ4v) is 9.55. The van der Waals surface area contributed by atoms with Crippen LogP contribution in [0.25, 0.3) is 17.4 Å². The van der Waals surface area contributed by atoms with E-state index in [9.17, 15) is 53.9 Å². The van der Waals surface area contributed by atoms with Gasteiger partial charge in [0.2, 0.25) is 17.1 Å². The van der Waals surface area contributed by atoms with Crippen molar-refractivity contribution in [3.05, 3.63) is 94.7 Å². The molecule has 0 fully saturated rings. The summed E-state index contributed by atoms with van der Waals surface area (Å²) < 4.78 is 126. The first-order valence-electron chi connectivity index (χ1n) is 22.2. The molecule has 20 nitrogen and oxygen atoms in total. The molecule has 0 saturated carbocycles. The Morgan fingerprint density at radius 3 is 2.04 bits per heavy atom. The number of nitrogens with zero attached hydrogens (tertiary/aromatic N) is 3. The summed E-state index contributed by atoms with van der Waals surface area (Å²) in [6.45, 7) is 12.1. The fraction of sp³-hybridized carbons (Fsp3) is 0.478. The van der Waals surface area contributed by atoms with Crippen LogP contribution in [0.2, 0.25) is 0 Å². The van der Waals surface area contributed by atoms with Crippen molar-refractivity contribution >= 4 is 48.1 Å². The van der Waals surface area contributed by atoms with E-state index in [2.05, 4.69) is 20.8 Å². The van der Waals surface area contributed by atoms with Gasteiger partial charge in [0.05, 0.1) is 68.5 Å². The number of carbonyl (C=O) groups is 1. The Morgan fingerprint density at radius 2 is 1.43 bits per heavy atom. The highest BCUT2D eigenvalue weighted by Crippen LogP contribution is 2.51. The third kappa shape index (κ3) is 15.4. The van der Waals surface area contributed by atoms with Crippen LogP contribution in [-0.4, -0.2) is 131 Å². The van der Waals surface area contributed by atoms with Crippen LogP contribution in [-0.2, 0) is 60.2 Å². The number of anilines is 1. The Kier molecular flexibility index (Phi) is 18.4. The largest absolute Gasteiger partial charge is 0.492 e. The van der Waals surface area contributed by atoms with Gasteiger partial charge in [0, 0.05) is 53.5 Å². The molecule has 3 aliphatic rings. The lowest BCUT2D eigenvalue weighted by Crippen LogP contribution is -2.31. The summed E-state index contributed by atoms with van der Waals surface area (Å²) in [6, 6.07) is 14.3. The molecule has 5 N–H and O–H groups in total. The van der Waals surface area contributed by atoms with Crippen LogP contribution >= 0.6 is 0 Å². The van der Waals surface area contributed by atoms with Crippen molar-refractivity contribution in [1.82, 2.24) is 9.31 Å². The van der Waals surface area contributed by atoms with Gasteiger partial charge in [-0.15, -0.1) is 4.73 Å². The SMILES string of the molecule is CC[N+](CCCS(=O)(=O)O)=c1ccc2c(C(C)(C)C)cc(C=CC=C3N(CCOCCOCCOCCC(=O)On4c(O)ccc4O)c4ccc(S(=O)(=O)O)cc4C3(C)CCCS(=O)(=O)O)oc-2c1. The summed E-state index contributed by atoms with van der Waals surface area (Å²) in [5.41, 5.74) is 2.24. The van der Waals surface area contributed by atoms with Gasteiger partial charge in [-0.25, -0.2) is 9.37 Å². The van der Waals surface area contributed by atoms with Crippen molar-refractivity contribution in [3.63, 3.8) is 0 Å². The summed E-state index contributed by atoms with van der Waals surface area (Å²) >= 11 is 0. The number of benzene rings is 2. The van der Waals surface area contributed by atoms with Crippen molar-refractivity contribution in [2.75, 3.05) is 75.7 Å². The summed E-state index contributed by atoms with van der Waals surface area (Å²) in [4.78, 5) is 18.4. The number of aromatic nitrogens is 1. The zero-order valence-electron chi connectivity index (χ0n) is 39.2. The molecule has 1 atom stereocenters. The summed E-state index contributed by atoms with van der Waals surface area (Å²) in [7, 11) is -13.1. The van der Waals surface area contributed by atoms with Gasteiger partial charge >= 0.3 is 5.97 Å². The van der Waals surface area contributed by atoms with Crippen molar-refractivity contribution in [2.45, 2.75) is 76.0 Å². The number of hydrogen-bond donors (Lipinski definition) is 5. The molecule has 0 bridgehead atoms. The molecule has 0 radical (unpaired) electrons. The minimum absolute atomic E-state index is 0.00382. The Bertz CT molecular complexity index is 2860. The first-order chi connectivity index (χ1) is 32.3. The fourth-order valence-electron chi connectivity index (χ4n) is 8.04. The quantitative estimate of drug-likeness (QED) is 0.0343. The van der Waals surface area contributed by atoms with Gasteiger partial charge in [-0.3, -0.25) is 13.7 Å². The summed E-state index contributed by atoms with van der Waals surface area (Å²) in [6.07, 6.45) is 5.59. The lowest BCUT2D eigenvalue weighted by Gasteiger charge is -2.30. The highest BCUT2D eigenvalue weighted by Gasteiger charge is 2.44. The Labute approximate surface area is 402 Å². The molecule has 1 aromatic heterocycles. The predicted octanol–water partition coefficient (Wildman–Crippen LogP) is 4.65. The molecular formula is C46H62N3O17S3+. The molecule has 69 heavy (non-hydrogen) atoms.